The van der Waals surface area contributed by atoms with Crippen LogP contribution in [-0.4, -0.2) is 139 Å². The Morgan fingerprint density at radius 2 is 1.56 bits per heavy atom. The molecule has 1 aromatic carbocycles. The highest BCUT2D eigenvalue weighted by molar-refractivity contribution is 6.33. The van der Waals surface area contributed by atoms with Crippen LogP contribution in [0.1, 0.15) is 110 Å². The predicted molar refractivity (Wildman–Crippen MR) is 243 cm³/mol. The zero-order valence-corrected chi connectivity index (χ0v) is 40.7. The normalized spacial score (nSPS) is 23.7. The Hall–Kier alpha value is -4.16. The van der Waals surface area contributed by atoms with Gasteiger partial charge in [0.15, 0.2) is 0 Å². The number of hydrogen-bond donors (Lipinski definition) is 4. The number of benzene rings is 1. The molecule has 1 aromatic rings. The molecule has 1 aliphatic heterocycles. The first kappa shape index (κ1) is 54.4. The zero-order valence-electron chi connectivity index (χ0n) is 39.2. The number of carbonyl (C=O) groups is 7. The molecular formula is C46H68Cl2F3N7O8. The second-order valence-electron chi connectivity index (χ2n) is 18.4. The zero-order chi connectivity index (χ0) is 49.1. The van der Waals surface area contributed by atoms with Crippen LogP contribution in [-0.2, 0) is 44.7 Å². The number of hydrogen-bond acceptors (Lipinski definition) is 8. The lowest BCUT2D eigenvalue weighted by Gasteiger charge is -2.38. The Balaban J connectivity index is 1.68. The Bertz CT molecular complexity index is 1900. The first-order valence-corrected chi connectivity index (χ1v) is 23.9. The van der Waals surface area contributed by atoms with Gasteiger partial charge in [0.05, 0.1) is 6.61 Å². The monoisotopic (exact) mass is 973 g/mol. The third-order valence-corrected chi connectivity index (χ3v) is 13.7. The van der Waals surface area contributed by atoms with Gasteiger partial charge in [-0.15, -0.1) is 0 Å². The average Bonchev–Trinajstić information content (AvgIpc) is 4.12. The van der Waals surface area contributed by atoms with Crippen LogP contribution in [0.15, 0.2) is 18.2 Å². The van der Waals surface area contributed by atoms with E-state index in [9.17, 15) is 46.7 Å². The number of methoxy groups -OCH3 is 1. The number of rotatable bonds is 15. The van der Waals surface area contributed by atoms with Gasteiger partial charge in [0.25, 0.3) is 0 Å². The molecule has 66 heavy (non-hydrogen) atoms. The fourth-order valence-electron chi connectivity index (χ4n) is 8.99. The number of amides is 7. The van der Waals surface area contributed by atoms with Crippen LogP contribution in [0.5, 0.6) is 0 Å². The van der Waals surface area contributed by atoms with Crippen molar-refractivity contribution in [1.82, 2.24) is 36.0 Å². The molecule has 20 heteroatoms. The third-order valence-electron chi connectivity index (χ3n) is 13.1. The molecule has 7 amide bonds. The predicted octanol–water partition coefficient (Wildman–Crippen LogP) is 5.19. The summed E-state index contributed by atoms with van der Waals surface area (Å²) >= 11 is 12.9. The van der Waals surface area contributed by atoms with Gasteiger partial charge in [-0.2, -0.15) is 13.2 Å². The van der Waals surface area contributed by atoms with Crippen molar-refractivity contribution >= 4 is 64.6 Å². The van der Waals surface area contributed by atoms with E-state index in [1.807, 2.05) is 13.8 Å². The summed E-state index contributed by atoms with van der Waals surface area (Å²) in [5.41, 5.74) is -2.17. The highest BCUT2D eigenvalue weighted by Crippen LogP contribution is 2.49. The lowest BCUT2D eigenvalue weighted by molar-refractivity contribution is -0.230. The van der Waals surface area contributed by atoms with E-state index in [-0.39, 0.29) is 87.9 Å². The van der Waals surface area contributed by atoms with Crippen LogP contribution in [0.3, 0.4) is 0 Å². The maximum atomic E-state index is 14.7. The van der Waals surface area contributed by atoms with Crippen molar-refractivity contribution < 1.29 is 51.5 Å². The molecule has 2 saturated carbocycles. The van der Waals surface area contributed by atoms with Crippen molar-refractivity contribution in [3.05, 3.63) is 33.8 Å². The molecule has 1 saturated heterocycles. The van der Waals surface area contributed by atoms with E-state index in [1.54, 1.807) is 39.1 Å². The van der Waals surface area contributed by atoms with Crippen molar-refractivity contribution in [3.63, 3.8) is 0 Å². The molecule has 3 aliphatic rings. The minimum absolute atomic E-state index is 0.000474. The Labute approximate surface area is 396 Å². The van der Waals surface area contributed by atoms with E-state index >= 15 is 0 Å². The van der Waals surface area contributed by atoms with E-state index in [0.717, 1.165) is 0 Å². The third kappa shape index (κ3) is 13.7. The van der Waals surface area contributed by atoms with Crippen LogP contribution in [0, 0.1) is 17.3 Å². The fourth-order valence-corrected chi connectivity index (χ4v) is 9.38. The standard InChI is InChI=1S/C46H68Cl2F3N7O8/c1-8-32(54-44(65)45(46(49,50)51)20-12-10-13-21-45)38(59)55-37(28-16-17-28)43(64)58(9-2)35-15-11-14-22-56(5)41(62)34(26-66-7)53-40(61)36(25-29-24-30(47)18-19-31(29)48)57(6)42(63)33(23-27(3)4)52-39(35)60/h18-19,24,27-28,32-37H,8-17,20-23,25-26H2,1-7H3,(H,52,60)(H,53,61)(H,54,65)(H,55,59)/t32-,33-,34+,35-,36-,37-/m0/s1. The second-order valence-corrected chi connectivity index (χ2v) is 19.2. The summed E-state index contributed by atoms with van der Waals surface area (Å²) in [6.45, 7) is 6.98. The largest absolute Gasteiger partial charge is 0.403 e. The topological polar surface area (TPSA) is 187 Å². The number of likely N-dealkylation sites (N-methyl/N-ethyl adjacent to an activating group) is 3. The number of halogens is 5. The van der Waals surface area contributed by atoms with E-state index in [1.165, 1.54) is 28.9 Å². The highest BCUT2D eigenvalue weighted by Gasteiger charge is 2.60. The van der Waals surface area contributed by atoms with Crippen molar-refractivity contribution in [1.29, 1.82) is 0 Å². The number of nitrogens with one attached hydrogen (secondary N) is 4. The van der Waals surface area contributed by atoms with Gasteiger partial charge in [0.1, 0.15) is 41.7 Å². The molecule has 370 valence electrons. The minimum Gasteiger partial charge on any atom is -0.382 e. The summed E-state index contributed by atoms with van der Waals surface area (Å²) < 4.78 is 48.6. The van der Waals surface area contributed by atoms with Gasteiger partial charge in [-0.25, -0.2) is 0 Å². The summed E-state index contributed by atoms with van der Waals surface area (Å²) in [6.07, 6.45) is -2.67. The van der Waals surface area contributed by atoms with E-state index in [2.05, 4.69) is 21.3 Å². The average molecular weight is 975 g/mol. The SMILES string of the molecule is CC[C@H](NC(=O)C1(C(F)(F)F)CCCCC1)C(=O)N[C@H](C(=O)N(CC)[C@H]1CCCCN(C)C(=O)[C@@H](COC)NC(=O)[C@H](Cc2cc(Cl)ccc2Cl)N(C)C(=O)[C@H](CC(C)C)NC1=O)C1CC1. The summed E-state index contributed by atoms with van der Waals surface area (Å²) in [5, 5.41) is 11.4. The molecule has 4 rings (SSSR count). The van der Waals surface area contributed by atoms with Crippen LogP contribution in [0.2, 0.25) is 10.0 Å². The summed E-state index contributed by atoms with van der Waals surface area (Å²) in [5.74, 6) is -5.57. The molecule has 3 fully saturated rings. The van der Waals surface area contributed by atoms with Crippen molar-refractivity contribution in [2.45, 2.75) is 154 Å². The molecule has 6 atom stereocenters. The quantitative estimate of drug-likeness (QED) is 0.185. The van der Waals surface area contributed by atoms with Crippen molar-refractivity contribution in [3.8, 4) is 0 Å². The molecule has 1 heterocycles. The van der Waals surface area contributed by atoms with Gasteiger partial charge in [0, 0.05) is 50.8 Å². The van der Waals surface area contributed by atoms with Crippen LogP contribution < -0.4 is 21.3 Å². The molecule has 0 bridgehead atoms. The van der Waals surface area contributed by atoms with Gasteiger partial charge in [-0.3, -0.25) is 33.6 Å². The van der Waals surface area contributed by atoms with Crippen molar-refractivity contribution in [2.24, 2.45) is 17.3 Å². The second kappa shape index (κ2) is 24.2. The van der Waals surface area contributed by atoms with Gasteiger partial charge < -0.3 is 40.7 Å². The van der Waals surface area contributed by atoms with Crippen molar-refractivity contribution in [2.75, 3.05) is 40.9 Å². The summed E-state index contributed by atoms with van der Waals surface area (Å²) in [4.78, 5) is 103. The lowest BCUT2D eigenvalue weighted by atomic mass is 9.72. The minimum atomic E-state index is -4.82. The van der Waals surface area contributed by atoms with Crippen LogP contribution >= 0.6 is 23.2 Å². The Kier molecular flexibility index (Phi) is 20.0. The van der Waals surface area contributed by atoms with Gasteiger partial charge in [-0.1, -0.05) is 63.2 Å². The summed E-state index contributed by atoms with van der Waals surface area (Å²) in [7, 11) is 4.37. The Morgan fingerprint density at radius 1 is 0.909 bits per heavy atom. The van der Waals surface area contributed by atoms with Gasteiger partial charge in [0.2, 0.25) is 41.4 Å². The smallest absolute Gasteiger partial charge is 0.382 e. The number of alkyl halides is 3. The van der Waals surface area contributed by atoms with E-state index in [4.69, 9.17) is 27.9 Å². The fraction of sp³-hybridized carbons (Fsp3) is 0.717. The van der Waals surface area contributed by atoms with Crippen LogP contribution in [0.4, 0.5) is 13.2 Å². The van der Waals surface area contributed by atoms with Gasteiger partial charge in [-0.05, 0) is 100 Å². The molecule has 0 aromatic heterocycles. The molecule has 0 unspecified atom stereocenters. The molecule has 0 spiro atoms. The molecular weight excluding hydrogens is 906 g/mol. The molecule has 4 N–H and O–H groups in total. The van der Waals surface area contributed by atoms with E-state index in [0.29, 0.717) is 42.7 Å². The molecule has 0 radical (unpaired) electrons. The molecule has 15 nitrogen and oxygen atoms in total. The number of carbonyl (C=O) groups excluding carboxylic acids is 7. The van der Waals surface area contributed by atoms with Crippen LogP contribution in [0.25, 0.3) is 0 Å². The molecule has 2 aliphatic carbocycles. The first-order chi connectivity index (χ1) is 31.1. The first-order valence-electron chi connectivity index (χ1n) is 23.1. The summed E-state index contributed by atoms with van der Waals surface area (Å²) in [6, 6.07) is -2.55. The maximum Gasteiger partial charge on any atom is 0.403 e. The number of ether oxygens (including phenoxy) is 1. The maximum absolute atomic E-state index is 14.7. The number of nitrogens with zero attached hydrogens (tertiary/aromatic N) is 3. The van der Waals surface area contributed by atoms with Gasteiger partial charge >= 0.3 is 6.18 Å². The Morgan fingerprint density at radius 3 is 2.14 bits per heavy atom. The highest BCUT2D eigenvalue weighted by atomic mass is 35.5. The van der Waals surface area contributed by atoms with E-state index < -0.39 is 89.2 Å². The lowest BCUT2D eigenvalue weighted by Crippen LogP contribution is -2.62.